The van der Waals surface area contributed by atoms with Crippen LogP contribution in [0.1, 0.15) is 5.56 Å². The zero-order valence-corrected chi connectivity index (χ0v) is 10.8. The number of hydrogen-bond acceptors (Lipinski definition) is 3. The molecule has 0 spiro atoms. The molecule has 2 aromatic carbocycles. The highest BCUT2D eigenvalue weighted by Crippen LogP contribution is 2.24. The van der Waals surface area contributed by atoms with Crippen molar-refractivity contribution in [3.05, 3.63) is 52.3 Å². The summed E-state index contributed by atoms with van der Waals surface area (Å²) in [5.74, 6) is -0.351. The van der Waals surface area contributed by atoms with Crippen LogP contribution in [0.4, 0.5) is 21.5 Å². The van der Waals surface area contributed by atoms with Gasteiger partial charge in [0.05, 0.1) is 10.0 Å². The van der Waals surface area contributed by atoms with Crippen molar-refractivity contribution in [3.8, 4) is 6.07 Å². The van der Waals surface area contributed by atoms with Gasteiger partial charge in [-0.15, -0.1) is 0 Å². The third-order valence-electron chi connectivity index (χ3n) is 2.38. The number of nitrogens with one attached hydrogen (secondary N) is 1. The molecule has 0 bridgehead atoms. The van der Waals surface area contributed by atoms with E-state index in [1.165, 1.54) is 6.07 Å². The minimum absolute atomic E-state index is 0.351. The van der Waals surface area contributed by atoms with Crippen LogP contribution in [0.2, 0.25) is 0 Å². The predicted octanol–water partition coefficient (Wildman–Crippen LogP) is 3.79. The first-order valence-corrected chi connectivity index (χ1v) is 5.91. The fraction of sp³-hybridized carbons (Fsp3) is 0. The maximum atomic E-state index is 13.3. The summed E-state index contributed by atoms with van der Waals surface area (Å²) in [5.41, 5.74) is 7.71. The number of nitrogen functional groups attached to an aromatic ring is 1. The Labute approximate surface area is 112 Å². The average molecular weight is 306 g/mol. The Bertz CT molecular complexity index is 635. The van der Waals surface area contributed by atoms with Gasteiger partial charge in [0.2, 0.25) is 0 Å². The Balaban J connectivity index is 2.29. The van der Waals surface area contributed by atoms with Gasteiger partial charge in [0.1, 0.15) is 11.9 Å². The Morgan fingerprint density at radius 2 is 1.83 bits per heavy atom. The van der Waals surface area contributed by atoms with Crippen LogP contribution in [0.5, 0.6) is 0 Å². The number of anilines is 3. The van der Waals surface area contributed by atoms with Crippen LogP contribution < -0.4 is 11.1 Å². The molecule has 0 heterocycles. The molecule has 0 aliphatic carbocycles. The van der Waals surface area contributed by atoms with E-state index in [-0.39, 0.29) is 5.82 Å². The highest BCUT2D eigenvalue weighted by atomic mass is 79.9. The molecule has 90 valence electrons. The van der Waals surface area contributed by atoms with E-state index in [2.05, 4.69) is 21.2 Å². The molecule has 0 radical (unpaired) electrons. The van der Waals surface area contributed by atoms with Gasteiger partial charge < -0.3 is 11.1 Å². The van der Waals surface area contributed by atoms with Gasteiger partial charge in [0.25, 0.3) is 0 Å². The van der Waals surface area contributed by atoms with E-state index in [4.69, 9.17) is 11.0 Å². The molecule has 3 N–H and O–H groups in total. The molecule has 0 saturated carbocycles. The van der Waals surface area contributed by atoms with Gasteiger partial charge in [-0.25, -0.2) is 4.39 Å². The van der Waals surface area contributed by atoms with Gasteiger partial charge in [-0.05, 0) is 52.3 Å². The molecule has 0 aliphatic rings. The Morgan fingerprint density at radius 1 is 1.17 bits per heavy atom. The van der Waals surface area contributed by atoms with Crippen LogP contribution in [0, 0.1) is 17.1 Å². The molecular weight excluding hydrogens is 297 g/mol. The minimum atomic E-state index is -0.351. The van der Waals surface area contributed by atoms with Crippen molar-refractivity contribution >= 4 is 33.0 Å². The van der Waals surface area contributed by atoms with E-state index in [9.17, 15) is 4.39 Å². The molecule has 0 saturated heterocycles. The molecule has 18 heavy (non-hydrogen) atoms. The lowest BCUT2D eigenvalue weighted by atomic mass is 10.1. The fourth-order valence-corrected chi connectivity index (χ4v) is 1.72. The van der Waals surface area contributed by atoms with E-state index in [1.807, 2.05) is 6.07 Å². The zero-order chi connectivity index (χ0) is 13.1. The van der Waals surface area contributed by atoms with Crippen molar-refractivity contribution in [2.24, 2.45) is 0 Å². The average Bonchev–Trinajstić information content (AvgIpc) is 2.36. The summed E-state index contributed by atoms with van der Waals surface area (Å²) in [4.78, 5) is 0. The maximum Gasteiger partial charge on any atom is 0.139 e. The van der Waals surface area contributed by atoms with Gasteiger partial charge in [0.15, 0.2) is 0 Å². The van der Waals surface area contributed by atoms with Crippen molar-refractivity contribution in [2.45, 2.75) is 0 Å². The zero-order valence-electron chi connectivity index (χ0n) is 9.24. The molecule has 0 aromatic heterocycles. The number of nitrogens with zero attached hydrogens (tertiary/aromatic N) is 1. The van der Waals surface area contributed by atoms with E-state index in [0.717, 1.165) is 0 Å². The normalized spacial score (nSPS) is 9.83. The molecule has 2 rings (SSSR count). The van der Waals surface area contributed by atoms with Crippen LogP contribution in [0.3, 0.4) is 0 Å². The number of hydrogen-bond donors (Lipinski definition) is 2. The Kier molecular flexibility index (Phi) is 3.49. The third kappa shape index (κ3) is 2.60. The quantitative estimate of drug-likeness (QED) is 0.830. The molecule has 0 amide bonds. The summed E-state index contributed by atoms with van der Waals surface area (Å²) < 4.78 is 13.7. The van der Waals surface area contributed by atoms with Crippen molar-refractivity contribution in [3.63, 3.8) is 0 Å². The second-order valence-corrected chi connectivity index (χ2v) is 4.52. The highest BCUT2D eigenvalue weighted by molar-refractivity contribution is 9.10. The van der Waals surface area contributed by atoms with E-state index >= 15 is 0 Å². The number of nitriles is 1. The van der Waals surface area contributed by atoms with Gasteiger partial charge in [-0.3, -0.25) is 0 Å². The number of halogens is 2. The second-order valence-electron chi connectivity index (χ2n) is 3.67. The van der Waals surface area contributed by atoms with Gasteiger partial charge in [-0.1, -0.05) is 0 Å². The summed E-state index contributed by atoms with van der Waals surface area (Å²) in [6.07, 6.45) is 0. The number of benzene rings is 2. The second kappa shape index (κ2) is 5.07. The van der Waals surface area contributed by atoms with Crippen molar-refractivity contribution in [1.29, 1.82) is 5.26 Å². The highest BCUT2D eigenvalue weighted by Gasteiger charge is 2.03. The standard InChI is InChI=1S/C13H9BrFN3/c14-11-3-1-10(6-12(11)15)18-9-2-4-13(17)8(5-9)7-16/h1-6,18H,17H2. The monoisotopic (exact) mass is 305 g/mol. The lowest BCUT2D eigenvalue weighted by Gasteiger charge is -2.08. The Hall–Kier alpha value is -2.06. The smallest absolute Gasteiger partial charge is 0.139 e. The first-order valence-electron chi connectivity index (χ1n) is 5.12. The predicted molar refractivity (Wildman–Crippen MR) is 73.0 cm³/mol. The molecule has 0 aliphatic heterocycles. The first kappa shape index (κ1) is 12.4. The lowest BCUT2D eigenvalue weighted by molar-refractivity contribution is 0.622. The summed E-state index contributed by atoms with van der Waals surface area (Å²) in [7, 11) is 0. The van der Waals surface area contributed by atoms with E-state index in [1.54, 1.807) is 30.3 Å². The van der Waals surface area contributed by atoms with Crippen molar-refractivity contribution < 1.29 is 4.39 Å². The fourth-order valence-electron chi connectivity index (χ4n) is 1.47. The van der Waals surface area contributed by atoms with E-state index in [0.29, 0.717) is 27.1 Å². The number of nitrogens with two attached hydrogens (primary N) is 1. The first-order chi connectivity index (χ1) is 8.60. The van der Waals surface area contributed by atoms with Crippen LogP contribution in [0.25, 0.3) is 0 Å². The Morgan fingerprint density at radius 3 is 2.50 bits per heavy atom. The molecular formula is C13H9BrFN3. The molecule has 0 atom stereocenters. The van der Waals surface area contributed by atoms with Gasteiger partial charge >= 0.3 is 0 Å². The summed E-state index contributed by atoms with van der Waals surface area (Å²) >= 11 is 3.08. The molecule has 0 unspecified atom stereocenters. The minimum Gasteiger partial charge on any atom is -0.398 e. The SMILES string of the molecule is N#Cc1cc(Nc2ccc(Br)c(F)c2)ccc1N. The summed E-state index contributed by atoms with van der Waals surface area (Å²) in [6, 6.07) is 11.7. The molecule has 2 aromatic rings. The maximum absolute atomic E-state index is 13.3. The van der Waals surface area contributed by atoms with Crippen LogP contribution in [0.15, 0.2) is 40.9 Å². The molecule has 0 fully saturated rings. The van der Waals surface area contributed by atoms with Crippen molar-refractivity contribution in [1.82, 2.24) is 0 Å². The molecule has 3 nitrogen and oxygen atoms in total. The lowest BCUT2D eigenvalue weighted by Crippen LogP contribution is -1.95. The van der Waals surface area contributed by atoms with Crippen LogP contribution >= 0.6 is 15.9 Å². The van der Waals surface area contributed by atoms with Crippen molar-refractivity contribution in [2.75, 3.05) is 11.1 Å². The van der Waals surface area contributed by atoms with Gasteiger partial charge in [0, 0.05) is 17.1 Å². The topological polar surface area (TPSA) is 61.8 Å². The largest absolute Gasteiger partial charge is 0.398 e. The third-order valence-corrected chi connectivity index (χ3v) is 3.03. The van der Waals surface area contributed by atoms with Crippen LogP contribution in [-0.4, -0.2) is 0 Å². The molecule has 5 heteroatoms. The van der Waals surface area contributed by atoms with Gasteiger partial charge in [-0.2, -0.15) is 5.26 Å². The summed E-state index contributed by atoms with van der Waals surface area (Å²) in [5, 5.41) is 11.9. The van der Waals surface area contributed by atoms with E-state index < -0.39 is 0 Å². The summed E-state index contributed by atoms with van der Waals surface area (Å²) in [6.45, 7) is 0. The van der Waals surface area contributed by atoms with Crippen LogP contribution in [-0.2, 0) is 0 Å². The number of rotatable bonds is 2.